The van der Waals surface area contributed by atoms with Gasteiger partial charge in [-0.15, -0.1) is 0 Å². The zero-order valence-corrected chi connectivity index (χ0v) is 10.1. The second-order valence-electron chi connectivity index (χ2n) is 4.34. The van der Waals surface area contributed by atoms with Gasteiger partial charge in [-0.2, -0.15) is 0 Å². The van der Waals surface area contributed by atoms with Crippen LogP contribution in [0.5, 0.6) is 0 Å². The van der Waals surface area contributed by atoms with Gasteiger partial charge in [-0.1, -0.05) is 19.1 Å². The van der Waals surface area contributed by atoms with Crippen LogP contribution in [-0.4, -0.2) is 50.3 Å². The molecule has 0 spiro atoms. The Bertz CT molecular complexity index is 188. The SMILES string of the molecule is C=C(C)CN(CC)CCC1COCCN1. The molecule has 1 aliphatic heterocycles. The van der Waals surface area contributed by atoms with E-state index in [4.69, 9.17) is 4.74 Å². The summed E-state index contributed by atoms with van der Waals surface area (Å²) in [6, 6.07) is 0.540. The van der Waals surface area contributed by atoms with E-state index in [2.05, 4.69) is 30.6 Å². The number of hydrogen-bond acceptors (Lipinski definition) is 3. The Labute approximate surface area is 93.5 Å². The Kier molecular flexibility index (Phi) is 5.91. The second kappa shape index (κ2) is 6.99. The summed E-state index contributed by atoms with van der Waals surface area (Å²) < 4.78 is 5.43. The van der Waals surface area contributed by atoms with Crippen molar-refractivity contribution in [2.75, 3.05) is 39.4 Å². The fourth-order valence-corrected chi connectivity index (χ4v) is 1.87. The van der Waals surface area contributed by atoms with E-state index in [1.807, 2.05) is 0 Å². The molecule has 1 fully saturated rings. The molecule has 0 aromatic heterocycles. The van der Waals surface area contributed by atoms with Crippen molar-refractivity contribution in [3.8, 4) is 0 Å². The molecule has 1 N–H and O–H groups in total. The highest BCUT2D eigenvalue weighted by Gasteiger charge is 2.13. The predicted molar refractivity (Wildman–Crippen MR) is 64.2 cm³/mol. The van der Waals surface area contributed by atoms with Crippen LogP contribution in [0.4, 0.5) is 0 Å². The number of hydrogen-bond donors (Lipinski definition) is 1. The number of nitrogens with one attached hydrogen (secondary N) is 1. The van der Waals surface area contributed by atoms with Crippen molar-refractivity contribution in [3.05, 3.63) is 12.2 Å². The van der Waals surface area contributed by atoms with Crippen molar-refractivity contribution in [2.45, 2.75) is 26.3 Å². The largest absolute Gasteiger partial charge is 0.379 e. The summed E-state index contributed by atoms with van der Waals surface area (Å²) in [5.41, 5.74) is 1.24. The predicted octanol–water partition coefficient (Wildman–Crippen LogP) is 1.26. The molecule has 0 amide bonds. The van der Waals surface area contributed by atoms with Crippen molar-refractivity contribution in [1.82, 2.24) is 10.2 Å². The third-order valence-electron chi connectivity index (χ3n) is 2.73. The molecular weight excluding hydrogens is 188 g/mol. The highest BCUT2D eigenvalue weighted by molar-refractivity contribution is 4.91. The molecule has 1 heterocycles. The maximum atomic E-state index is 5.43. The molecule has 1 unspecified atom stereocenters. The van der Waals surface area contributed by atoms with Crippen LogP contribution < -0.4 is 5.32 Å². The highest BCUT2D eigenvalue weighted by atomic mass is 16.5. The molecule has 1 rings (SSSR count). The number of rotatable bonds is 6. The molecule has 88 valence electrons. The Morgan fingerprint density at radius 2 is 2.40 bits per heavy atom. The number of nitrogens with zero attached hydrogens (tertiary/aromatic N) is 1. The van der Waals surface area contributed by atoms with Crippen molar-refractivity contribution in [1.29, 1.82) is 0 Å². The smallest absolute Gasteiger partial charge is 0.0620 e. The first kappa shape index (κ1) is 12.7. The lowest BCUT2D eigenvalue weighted by atomic mass is 10.2. The Morgan fingerprint density at radius 1 is 1.60 bits per heavy atom. The number of likely N-dealkylation sites (N-methyl/N-ethyl adjacent to an activating group) is 1. The average Bonchev–Trinajstić information content (AvgIpc) is 2.25. The molecule has 0 aromatic carbocycles. The van der Waals surface area contributed by atoms with Gasteiger partial charge in [-0.3, -0.25) is 4.90 Å². The van der Waals surface area contributed by atoms with Gasteiger partial charge in [0.05, 0.1) is 13.2 Å². The molecule has 3 heteroatoms. The highest BCUT2D eigenvalue weighted by Crippen LogP contribution is 2.02. The summed E-state index contributed by atoms with van der Waals surface area (Å²) in [6.07, 6.45) is 1.17. The number of morpholine rings is 1. The van der Waals surface area contributed by atoms with E-state index in [0.29, 0.717) is 6.04 Å². The topological polar surface area (TPSA) is 24.5 Å². The maximum Gasteiger partial charge on any atom is 0.0620 e. The summed E-state index contributed by atoms with van der Waals surface area (Å²) in [5, 5.41) is 3.48. The monoisotopic (exact) mass is 212 g/mol. The van der Waals surface area contributed by atoms with Gasteiger partial charge < -0.3 is 10.1 Å². The average molecular weight is 212 g/mol. The van der Waals surface area contributed by atoms with Gasteiger partial charge in [0.2, 0.25) is 0 Å². The summed E-state index contributed by atoms with van der Waals surface area (Å²) in [4.78, 5) is 2.43. The lowest BCUT2D eigenvalue weighted by Gasteiger charge is -2.27. The minimum Gasteiger partial charge on any atom is -0.379 e. The fourth-order valence-electron chi connectivity index (χ4n) is 1.87. The van der Waals surface area contributed by atoms with E-state index in [-0.39, 0.29) is 0 Å². The van der Waals surface area contributed by atoms with Crippen molar-refractivity contribution >= 4 is 0 Å². The minimum atomic E-state index is 0.540. The van der Waals surface area contributed by atoms with E-state index in [9.17, 15) is 0 Å². The molecule has 0 aromatic rings. The van der Waals surface area contributed by atoms with Crippen LogP contribution in [0.1, 0.15) is 20.3 Å². The van der Waals surface area contributed by atoms with E-state index >= 15 is 0 Å². The summed E-state index contributed by atoms with van der Waals surface area (Å²) in [5.74, 6) is 0. The fraction of sp³-hybridized carbons (Fsp3) is 0.833. The zero-order chi connectivity index (χ0) is 11.1. The first-order valence-corrected chi connectivity index (χ1v) is 5.90. The molecule has 1 aliphatic rings. The van der Waals surface area contributed by atoms with Gasteiger partial charge >= 0.3 is 0 Å². The van der Waals surface area contributed by atoms with E-state index in [1.54, 1.807) is 0 Å². The lowest BCUT2D eigenvalue weighted by Crippen LogP contribution is -2.43. The van der Waals surface area contributed by atoms with Gasteiger partial charge in [0.1, 0.15) is 0 Å². The Morgan fingerprint density at radius 3 is 2.93 bits per heavy atom. The molecular formula is C12H24N2O. The Balaban J connectivity index is 2.17. The van der Waals surface area contributed by atoms with Crippen molar-refractivity contribution in [3.63, 3.8) is 0 Å². The van der Waals surface area contributed by atoms with Gasteiger partial charge in [0, 0.05) is 25.7 Å². The van der Waals surface area contributed by atoms with Crippen LogP contribution in [0.2, 0.25) is 0 Å². The van der Waals surface area contributed by atoms with Gasteiger partial charge in [0.25, 0.3) is 0 Å². The molecule has 15 heavy (non-hydrogen) atoms. The Hall–Kier alpha value is -0.380. The molecule has 0 bridgehead atoms. The maximum absolute atomic E-state index is 5.43. The third kappa shape index (κ3) is 5.30. The van der Waals surface area contributed by atoms with Crippen LogP contribution in [-0.2, 0) is 4.74 Å². The molecule has 0 radical (unpaired) electrons. The first-order valence-electron chi connectivity index (χ1n) is 5.90. The molecule has 1 saturated heterocycles. The lowest BCUT2D eigenvalue weighted by molar-refractivity contribution is 0.0706. The quantitative estimate of drug-likeness (QED) is 0.671. The second-order valence-corrected chi connectivity index (χ2v) is 4.34. The van der Waals surface area contributed by atoms with Crippen LogP contribution in [0.3, 0.4) is 0 Å². The summed E-state index contributed by atoms with van der Waals surface area (Å²) in [6.45, 7) is 14.2. The van der Waals surface area contributed by atoms with Crippen LogP contribution in [0, 0.1) is 0 Å². The number of ether oxygens (including phenoxy) is 1. The zero-order valence-electron chi connectivity index (χ0n) is 10.1. The summed E-state index contributed by atoms with van der Waals surface area (Å²) in [7, 11) is 0. The van der Waals surface area contributed by atoms with E-state index < -0.39 is 0 Å². The van der Waals surface area contributed by atoms with Gasteiger partial charge in [-0.05, 0) is 19.9 Å². The molecule has 1 atom stereocenters. The normalized spacial score (nSPS) is 21.9. The molecule has 3 nitrogen and oxygen atoms in total. The van der Waals surface area contributed by atoms with Crippen LogP contribution in [0.25, 0.3) is 0 Å². The molecule has 0 aliphatic carbocycles. The van der Waals surface area contributed by atoms with Crippen LogP contribution >= 0.6 is 0 Å². The minimum absolute atomic E-state index is 0.540. The first-order chi connectivity index (χ1) is 7.22. The molecule has 0 saturated carbocycles. The van der Waals surface area contributed by atoms with Crippen molar-refractivity contribution in [2.24, 2.45) is 0 Å². The van der Waals surface area contributed by atoms with Crippen LogP contribution in [0.15, 0.2) is 12.2 Å². The third-order valence-corrected chi connectivity index (χ3v) is 2.73. The van der Waals surface area contributed by atoms with Crippen molar-refractivity contribution < 1.29 is 4.74 Å². The van der Waals surface area contributed by atoms with Gasteiger partial charge in [0.15, 0.2) is 0 Å². The van der Waals surface area contributed by atoms with E-state index in [1.165, 1.54) is 12.0 Å². The van der Waals surface area contributed by atoms with Gasteiger partial charge in [-0.25, -0.2) is 0 Å². The standard InChI is InChI=1S/C12H24N2O/c1-4-14(9-11(2)3)7-5-12-10-15-8-6-13-12/h12-13H,2,4-10H2,1,3H3. The van der Waals surface area contributed by atoms with E-state index in [0.717, 1.165) is 39.4 Å². The summed E-state index contributed by atoms with van der Waals surface area (Å²) >= 11 is 0.